The number of methoxy groups -OCH3 is 1. The summed E-state index contributed by atoms with van der Waals surface area (Å²) in [5.74, 6) is 0.439. The fraction of sp³-hybridized carbons (Fsp3) is 0.0667. The Kier molecular flexibility index (Phi) is 3.27. The largest absolute Gasteiger partial charge is 0.497 e. The predicted molar refractivity (Wildman–Crippen MR) is 76.1 cm³/mol. The molecular weight excluding hydrogens is 273 g/mol. The van der Waals surface area contributed by atoms with Crippen molar-refractivity contribution in [2.24, 2.45) is 0 Å². The van der Waals surface area contributed by atoms with Crippen molar-refractivity contribution in [2.75, 3.05) is 12.8 Å². The number of halogens is 1. The van der Waals surface area contributed by atoms with Gasteiger partial charge in [0.1, 0.15) is 17.3 Å². The summed E-state index contributed by atoms with van der Waals surface area (Å²) >= 11 is 0. The van der Waals surface area contributed by atoms with Crippen LogP contribution in [0.5, 0.6) is 5.75 Å². The maximum absolute atomic E-state index is 13.0. The highest BCUT2D eigenvalue weighted by Crippen LogP contribution is 2.36. The van der Waals surface area contributed by atoms with E-state index in [0.717, 1.165) is 11.8 Å². The molecule has 0 saturated heterocycles. The van der Waals surface area contributed by atoms with Crippen LogP contribution in [0, 0.1) is 5.82 Å². The Balaban J connectivity index is 2.14. The number of nitrogens with zero attached hydrogens (tertiary/aromatic N) is 2. The van der Waals surface area contributed by atoms with E-state index in [1.807, 2.05) is 24.3 Å². The van der Waals surface area contributed by atoms with Crippen LogP contribution in [0.3, 0.4) is 0 Å². The van der Waals surface area contributed by atoms with E-state index in [9.17, 15) is 4.39 Å². The summed E-state index contributed by atoms with van der Waals surface area (Å²) < 4.78 is 23.2. The highest BCUT2D eigenvalue weighted by molar-refractivity contribution is 5.86. The number of rotatable bonds is 3. The molecule has 0 aliphatic carbocycles. The Morgan fingerprint density at radius 3 is 2.81 bits per heavy atom. The van der Waals surface area contributed by atoms with Crippen molar-refractivity contribution >= 4 is 5.88 Å². The lowest BCUT2D eigenvalue weighted by Crippen LogP contribution is -1.91. The molecule has 0 unspecified atom stereocenters. The molecule has 2 N–H and O–H groups in total. The molecule has 0 atom stereocenters. The first kappa shape index (κ1) is 13.1. The number of ether oxygens (including phenoxy) is 1. The predicted octanol–water partition coefficient (Wildman–Crippen LogP) is 3.13. The zero-order valence-electron chi connectivity index (χ0n) is 11.2. The third-order valence-corrected chi connectivity index (χ3v) is 3.05. The molecule has 1 aromatic carbocycles. The van der Waals surface area contributed by atoms with E-state index in [0.29, 0.717) is 22.7 Å². The summed E-state index contributed by atoms with van der Waals surface area (Å²) in [5, 5.41) is 3.92. The van der Waals surface area contributed by atoms with Crippen molar-refractivity contribution in [1.82, 2.24) is 10.1 Å². The number of nitrogen functional groups attached to an aromatic ring is 1. The Morgan fingerprint density at radius 2 is 2.10 bits per heavy atom. The van der Waals surface area contributed by atoms with Crippen LogP contribution in [-0.4, -0.2) is 17.3 Å². The van der Waals surface area contributed by atoms with Crippen LogP contribution < -0.4 is 10.5 Å². The quantitative estimate of drug-likeness (QED) is 0.800. The van der Waals surface area contributed by atoms with E-state index in [2.05, 4.69) is 10.1 Å². The van der Waals surface area contributed by atoms with Crippen molar-refractivity contribution in [2.45, 2.75) is 0 Å². The van der Waals surface area contributed by atoms with Crippen LogP contribution in [0.15, 0.2) is 47.1 Å². The van der Waals surface area contributed by atoms with Crippen LogP contribution in [0.25, 0.3) is 22.5 Å². The minimum Gasteiger partial charge on any atom is -0.497 e. The molecule has 5 nitrogen and oxygen atoms in total. The van der Waals surface area contributed by atoms with Gasteiger partial charge in [0, 0.05) is 0 Å². The molecule has 106 valence electrons. The van der Waals surface area contributed by atoms with Gasteiger partial charge in [0.15, 0.2) is 0 Å². The van der Waals surface area contributed by atoms with Crippen molar-refractivity contribution in [3.8, 4) is 28.3 Å². The molecule has 0 radical (unpaired) electrons. The van der Waals surface area contributed by atoms with Crippen LogP contribution >= 0.6 is 0 Å². The number of anilines is 1. The lowest BCUT2D eigenvalue weighted by atomic mass is 10.0. The Bertz CT molecular complexity index is 769. The third-order valence-electron chi connectivity index (χ3n) is 3.05. The van der Waals surface area contributed by atoms with Crippen molar-refractivity contribution in [3.63, 3.8) is 0 Å². The molecule has 0 amide bonds. The molecule has 21 heavy (non-hydrogen) atoms. The fourth-order valence-electron chi connectivity index (χ4n) is 2.05. The average molecular weight is 285 g/mol. The monoisotopic (exact) mass is 285 g/mol. The SMILES string of the molecule is COc1cccc(-c2c(-c3ccc(F)cn3)noc2N)c1. The minimum absolute atomic E-state index is 0.171. The van der Waals surface area contributed by atoms with Gasteiger partial charge in [-0.2, -0.15) is 0 Å². The number of hydrogen-bond acceptors (Lipinski definition) is 5. The van der Waals surface area contributed by atoms with Crippen LogP contribution in [0.4, 0.5) is 10.3 Å². The number of nitrogens with two attached hydrogens (primary N) is 1. The van der Waals surface area contributed by atoms with E-state index in [1.165, 1.54) is 12.1 Å². The van der Waals surface area contributed by atoms with Gasteiger partial charge in [-0.05, 0) is 29.8 Å². The van der Waals surface area contributed by atoms with Gasteiger partial charge in [-0.25, -0.2) is 4.39 Å². The third kappa shape index (κ3) is 2.43. The number of aromatic nitrogens is 2. The molecule has 3 rings (SSSR count). The van der Waals surface area contributed by atoms with E-state index in [4.69, 9.17) is 15.0 Å². The standard InChI is InChI=1S/C15H12FN3O2/c1-20-11-4-2-3-9(7-11)13-14(19-21-15(13)17)12-6-5-10(16)8-18-12/h2-8H,17H2,1H3. The first-order valence-corrected chi connectivity index (χ1v) is 6.20. The normalized spacial score (nSPS) is 10.6. The van der Waals surface area contributed by atoms with Gasteiger partial charge < -0.3 is 15.0 Å². The molecule has 0 saturated carbocycles. The van der Waals surface area contributed by atoms with Gasteiger partial charge in [-0.1, -0.05) is 17.3 Å². The molecular formula is C15H12FN3O2. The Labute approximate surface area is 120 Å². The van der Waals surface area contributed by atoms with Gasteiger partial charge in [0.25, 0.3) is 0 Å². The number of pyridine rings is 1. The molecule has 2 heterocycles. The van der Waals surface area contributed by atoms with Gasteiger partial charge in [0.05, 0.1) is 24.6 Å². The molecule has 0 aliphatic heterocycles. The summed E-state index contributed by atoms with van der Waals surface area (Å²) in [7, 11) is 1.58. The Hall–Kier alpha value is -2.89. The second-order valence-electron chi connectivity index (χ2n) is 4.36. The Morgan fingerprint density at radius 1 is 1.24 bits per heavy atom. The maximum Gasteiger partial charge on any atom is 0.230 e. The topological polar surface area (TPSA) is 74.2 Å². The lowest BCUT2D eigenvalue weighted by Gasteiger charge is -2.05. The summed E-state index contributed by atoms with van der Waals surface area (Å²) in [5.41, 5.74) is 8.19. The first-order chi connectivity index (χ1) is 10.2. The molecule has 0 aliphatic rings. The van der Waals surface area contributed by atoms with Gasteiger partial charge in [-0.15, -0.1) is 0 Å². The molecule has 0 fully saturated rings. The zero-order valence-corrected chi connectivity index (χ0v) is 11.2. The zero-order chi connectivity index (χ0) is 14.8. The molecule has 0 bridgehead atoms. The van der Waals surface area contributed by atoms with E-state index < -0.39 is 5.82 Å². The summed E-state index contributed by atoms with van der Waals surface area (Å²) in [6.45, 7) is 0. The maximum atomic E-state index is 13.0. The summed E-state index contributed by atoms with van der Waals surface area (Å²) in [4.78, 5) is 4.01. The fourth-order valence-corrected chi connectivity index (χ4v) is 2.05. The van der Waals surface area contributed by atoms with E-state index in [1.54, 1.807) is 7.11 Å². The summed E-state index contributed by atoms with van der Waals surface area (Å²) in [6, 6.07) is 10.2. The smallest absolute Gasteiger partial charge is 0.230 e. The van der Waals surface area contributed by atoms with Crippen molar-refractivity contribution in [1.29, 1.82) is 0 Å². The van der Waals surface area contributed by atoms with Gasteiger partial charge >= 0.3 is 0 Å². The van der Waals surface area contributed by atoms with E-state index in [-0.39, 0.29) is 5.88 Å². The van der Waals surface area contributed by atoms with Crippen molar-refractivity contribution in [3.05, 3.63) is 48.4 Å². The highest BCUT2D eigenvalue weighted by Gasteiger charge is 2.18. The molecule has 0 spiro atoms. The van der Waals surface area contributed by atoms with Crippen LogP contribution in [0.1, 0.15) is 0 Å². The molecule has 2 aromatic heterocycles. The highest BCUT2D eigenvalue weighted by atomic mass is 19.1. The average Bonchev–Trinajstić information content (AvgIpc) is 2.90. The van der Waals surface area contributed by atoms with Crippen LogP contribution in [-0.2, 0) is 0 Å². The summed E-state index contributed by atoms with van der Waals surface area (Å²) in [6.07, 6.45) is 1.12. The van der Waals surface area contributed by atoms with E-state index >= 15 is 0 Å². The van der Waals surface area contributed by atoms with Gasteiger partial charge in [0.2, 0.25) is 5.88 Å². The van der Waals surface area contributed by atoms with Crippen molar-refractivity contribution < 1.29 is 13.7 Å². The first-order valence-electron chi connectivity index (χ1n) is 6.20. The minimum atomic E-state index is -0.418. The molecule has 3 aromatic rings. The number of benzene rings is 1. The number of hydrogen-bond donors (Lipinski definition) is 1. The lowest BCUT2D eigenvalue weighted by molar-refractivity contribution is 0.415. The molecule has 6 heteroatoms. The second kappa shape index (κ2) is 5.24. The van der Waals surface area contributed by atoms with Gasteiger partial charge in [-0.3, -0.25) is 4.98 Å². The van der Waals surface area contributed by atoms with Crippen LogP contribution in [0.2, 0.25) is 0 Å². The second-order valence-corrected chi connectivity index (χ2v) is 4.36.